The van der Waals surface area contributed by atoms with Crippen LogP contribution in [0.5, 0.6) is 0 Å². The van der Waals surface area contributed by atoms with Gasteiger partial charge in [-0.1, -0.05) is 0 Å². The summed E-state index contributed by atoms with van der Waals surface area (Å²) in [6, 6.07) is 0.148. The van der Waals surface area contributed by atoms with E-state index in [0.717, 1.165) is 6.92 Å². The maximum atomic E-state index is 13.8. The summed E-state index contributed by atoms with van der Waals surface area (Å²) < 4.78 is 141. The molecule has 1 heterocycles. The number of halogens is 11. The quantitative estimate of drug-likeness (QED) is 0.811. The summed E-state index contributed by atoms with van der Waals surface area (Å²) >= 11 is 0. The zero-order chi connectivity index (χ0) is 18.5. The number of aromatic amines is 1. The van der Waals surface area contributed by atoms with Crippen LogP contribution in [0.15, 0.2) is 6.07 Å². The van der Waals surface area contributed by atoms with Gasteiger partial charge in [-0.05, 0) is 13.0 Å². The summed E-state index contributed by atoms with van der Waals surface area (Å²) in [5.74, 6) is -12.8. The van der Waals surface area contributed by atoms with Crippen molar-refractivity contribution in [3.63, 3.8) is 0 Å². The number of nitrogens with one attached hydrogen (secondary N) is 1. The third kappa shape index (κ3) is 3.21. The van der Waals surface area contributed by atoms with Gasteiger partial charge in [0.25, 0.3) is 0 Å². The Morgan fingerprint density at radius 1 is 0.870 bits per heavy atom. The molecule has 0 saturated carbocycles. The molecule has 0 aliphatic rings. The number of H-pyrrole nitrogens is 1. The molecule has 1 aromatic heterocycles. The van der Waals surface area contributed by atoms with E-state index in [0.29, 0.717) is 0 Å². The molecule has 1 N–H and O–H groups in total. The van der Waals surface area contributed by atoms with Crippen molar-refractivity contribution in [3.05, 3.63) is 17.5 Å². The second-order valence-corrected chi connectivity index (χ2v) is 4.22. The first-order chi connectivity index (χ1) is 9.96. The fraction of sp³-hybridized carbons (Fsp3) is 0.667. The topological polar surface area (TPSA) is 37.9 Å². The Morgan fingerprint density at radius 2 is 1.35 bits per heavy atom. The average Bonchev–Trinajstić information content (AvgIpc) is 2.72. The number of aryl methyl sites for hydroxylation is 1. The van der Waals surface area contributed by atoms with Crippen LogP contribution in [0.2, 0.25) is 0 Å². The minimum Gasteiger partial charge on any atom is -0.282 e. The molecule has 14 heteroatoms. The van der Waals surface area contributed by atoms with Crippen LogP contribution in [0.4, 0.5) is 48.3 Å². The summed E-state index contributed by atoms with van der Waals surface area (Å²) in [4.78, 5) is 0. The zero-order valence-corrected chi connectivity index (χ0v) is 10.6. The van der Waals surface area contributed by atoms with Crippen LogP contribution >= 0.6 is 0 Å². The van der Waals surface area contributed by atoms with Crippen LogP contribution in [0, 0.1) is 6.92 Å². The summed E-state index contributed by atoms with van der Waals surface area (Å²) in [7, 11) is 0. The van der Waals surface area contributed by atoms with Crippen molar-refractivity contribution in [2.45, 2.75) is 37.2 Å². The predicted molar refractivity (Wildman–Crippen MR) is 49.2 cm³/mol. The van der Waals surface area contributed by atoms with E-state index in [1.165, 1.54) is 0 Å². The fourth-order valence-electron chi connectivity index (χ4n) is 1.24. The van der Waals surface area contributed by atoms with Crippen molar-refractivity contribution in [3.8, 4) is 0 Å². The van der Waals surface area contributed by atoms with Crippen LogP contribution in [0.3, 0.4) is 0 Å². The van der Waals surface area contributed by atoms with Crippen molar-refractivity contribution >= 4 is 0 Å². The van der Waals surface area contributed by atoms with Crippen LogP contribution in [0.1, 0.15) is 11.4 Å². The lowest BCUT2D eigenvalue weighted by molar-refractivity contribution is -0.488. The van der Waals surface area contributed by atoms with Crippen LogP contribution in [-0.4, -0.2) is 34.6 Å². The third-order valence-corrected chi connectivity index (χ3v) is 2.39. The molecule has 1 rings (SSSR count). The van der Waals surface area contributed by atoms with Gasteiger partial charge in [0.15, 0.2) is 0 Å². The number of alkyl halides is 11. The highest BCUT2D eigenvalue weighted by Crippen LogP contribution is 2.53. The summed E-state index contributed by atoms with van der Waals surface area (Å²) in [5, 5.41) is 4.25. The van der Waals surface area contributed by atoms with Gasteiger partial charge >= 0.3 is 30.2 Å². The number of nitrogens with zero attached hydrogens (tertiary/aromatic N) is 1. The highest BCUT2D eigenvalue weighted by atomic mass is 19.4. The highest BCUT2D eigenvalue weighted by Gasteiger charge is 2.78. The minimum absolute atomic E-state index is 0.148. The standard InChI is InChI=1S/C9H5F11N2O/c1-3-2-4(22-21-3)5(10,7(13,14)15)23-9(19,20)6(11,12)8(16,17)18/h2H,1H3,(H,21,22). The molecule has 0 saturated heterocycles. The van der Waals surface area contributed by atoms with Gasteiger partial charge in [-0.15, -0.1) is 0 Å². The van der Waals surface area contributed by atoms with Gasteiger partial charge in [-0.25, -0.2) is 0 Å². The van der Waals surface area contributed by atoms with Crippen molar-refractivity contribution in [1.29, 1.82) is 0 Å². The summed E-state index contributed by atoms with van der Waals surface area (Å²) in [6.45, 7) is 0.982. The Labute approximate surface area is 119 Å². The van der Waals surface area contributed by atoms with E-state index in [2.05, 4.69) is 9.84 Å². The summed E-state index contributed by atoms with van der Waals surface area (Å²) in [5.41, 5.74) is -2.33. The molecule has 1 unspecified atom stereocenters. The number of aromatic nitrogens is 2. The Kier molecular flexibility index (Phi) is 4.40. The molecular weight excluding hydrogens is 361 g/mol. The highest BCUT2D eigenvalue weighted by molar-refractivity contribution is 5.15. The SMILES string of the molecule is Cc1cc(C(F)(OC(F)(F)C(F)(F)C(F)(F)F)C(F)(F)F)n[nH]1. The first-order valence-corrected chi connectivity index (χ1v) is 5.26. The number of rotatable bonds is 4. The van der Waals surface area contributed by atoms with Crippen LogP contribution in [-0.2, 0) is 10.6 Å². The van der Waals surface area contributed by atoms with Crippen LogP contribution in [0.25, 0.3) is 0 Å². The lowest BCUT2D eigenvalue weighted by Gasteiger charge is -2.34. The summed E-state index contributed by atoms with van der Waals surface area (Å²) in [6.07, 6.45) is -20.3. The average molecular weight is 366 g/mol. The maximum absolute atomic E-state index is 13.8. The number of ether oxygens (including phenoxy) is 1. The Bertz CT molecular complexity index is 561. The molecule has 1 aromatic rings. The Balaban J connectivity index is 3.38. The molecule has 0 amide bonds. The fourth-order valence-corrected chi connectivity index (χ4v) is 1.24. The van der Waals surface area contributed by atoms with E-state index in [4.69, 9.17) is 0 Å². The molecule has 3 nitrogen and oxygen atoms in total. The lowest BCUT2D eigenvalue weighted by atomic mass is 10.2. The van der Waals surface area contributed by atoms with E-state index in [9.17, 15) is 48.3 Å². The smallest absolute Gasteiger partial charge is 0.282 e. The normalized spacial score (nSPS) is 17.2. The molecule has 23 heavy (non-hydrogen) atoms. The largest absolute Gasteiger partial charge is 0.462 e. The van der Waals surface area contributed by atoms with Crippen molar-refractivity contribution in [2.24, 2.45) is 0 Å². The Morgan fingerprint density at radius 3 is 1.65 bits per heavy atom. The van der Waals surface area contributed by atoms with E-state index in [1.54, 1.807) is 5.10 Å². The molecule has 0 bridgehead atoms. The molecule has 1 atom stereocenters. The number of hydrogen-bond acceptors (Lipinski definition) is 2. The Hall–Kier alpha value is -1.60. The molecule has 134 valence electrons. The van der Waals surface area contributed by atoms with Crippen LogP contribution < -0.4 is 0 Å². The zero-order valence-electron chi connectivity index (χ0n) is 10.6. The molecule has 0 spiro atoms. The molecule has 0 aliphatic carbocycles. The van der Waals surface area contributed by atoms with Gasteiger partial charge < -0.3 is 0 Å². The number of hydrogen-bond donors (Lipinski definition) is 1. The van der Waals surface area contributed by atoms with Gasteiger partial charge in [0.2, 0.25) is 0 Å². The van der Waals surface area contributed by atoms with Gasteiger partial charge in [0.1, 0.15) is 5.69 Å². The molecule has 0 aromatic carbocycles. The monoisotopic (exact) mass is 366 g/mol. The van der Waals surface area contributed by atoms with Gasteiger partial charge in [-0.3, -0.25) is 9.84 Å². The van der Waals surface area contributed by atoms with Gasteiger partial charge in [0.05, 0.1) is 0 Å². The third-order valence-electron chi connectivity index (χ3n) is 2.39. The first kappa shape index (κ1) is 19.4. The van der Waals surface area contributed by atoms with Crippen molar-refractivity contribution < 1.29 is 53.0 Å². The molecule has 0 fully saturated rings. The second kappa shape index (κ2) is 5.21. The molecule has 0 aliphatic heterocycles. The predicted octanol–water partition coefficient (Wildman–Crippen LogP) is 4.21. The van der Waals surface area contributed by atoms with E-state index in [1.807, 2.05) is 0 Å². The van der Waals surface area contributed by atoms with Crippen molar-refractivity contribution in [2.75, 3.05) is 0 Å². The molecular formula is C9H5F11N2O. The second-order valence-electron chi connectivity index (χ2n) is 4.22. The van der Waals surface area contributed by atoms with Crippen molar-refractivity contribution in [1.82, 2.24) is 10.2 Å². The van der Waals surface area contributed by atoms with Gasteiger partial charge in [0, 0.05) is 5.69 Å². The van der Waals surface area contributed by atoms with E-state index < -0.39 is 35.9 Å². The minimum atomic E-state index is -7.09. The molecule has 0 radical (unpaired) electrons. The van der Waals surface area contributed by atoms with E-state index >= 15 is 0 Å². The maximum Gasteiger partial charge on any atom is 0.462 e. The first-order valence-electron chi connectivity index (χ1n) is 5.26. The van der Waals surface area contributed by atoms with E-state index in [-0.39, 0.29) is 11.8 Å². The van der Waals surface area contributed by atoms with Gasteiger partial charge in [-0.2, -0.15) is 53.4 Å². The lowest BCUT2D eigenvalue weighted by Crippen LogP contribution is -2.58.